The van der Waals surface area contributed by atoms with Crippen LogP contribution in [0.1, 0.15) is 16.7 Å². The normalized spacial score (nSPS) is 10.7. The van der Waals surface area contributed by atoms with Crippen LogP contribution in [0.4, 0.5) is 5.69 Å². The van der Waals surface area contributed by atoms with Gasteiger partial charge in [-0.3, -0.25) is 9.59 Å². The number of phenolic OH excluding ortho intramolecular Hbond substituents is 1. The molecule has 0 spiro atoms. The maximum atomic E-state index is 11.9. The van der Waals surface area contributed by atoms with Gasteiger partial charge < -0.3 is 10.4 Å². The van der Waals surface area contributed by atoms with E-state index in [1.807, 2.05) is 26.0 Å². The zero-order chi connectivity index (χ0) is 18.6. The van der Waals surface area contributed by atoms with Crippen LogP contribution in [0.2, 0.25) is 0 Å². The van der Waals surface area contributed by atoms with Gasteiger partial charge in [-0.05, 0) is 53.5 Å². The van der Waals surface area contributed by atoms with E-state index < -0.39 is 11.8 Å². The van der Waals surface area contributed by atoms with E-state index in [2.05, 4.69) is 47.7 Å². The van der Waals surface area contributed by atoms with Crippen LogP contribution in [0.5, 0.6) is 5.75 Å². The van der Waals surface area contributed by atoms with Gasteiger partial charge in [-0.2, -0.15) is 5.10 Å². The highest BCUT2D eigenvalue weighted by molar-refractivity contribution is 9.11. The van der Waals surface area contributed by atoms with Gasteiger partial charge in [0.05, 0.1) is 10.7 Å². The predicted octanol–water partition coefficient (Wildman–Crippen LogP) is 3.62. The summed E-state index contributed by atoms with van der Waals surface area (Å²) >= 11 is 6.48. The number of aryl methyl sites for hydroxylation is 2. The van der Waals surface area contributed by atoms with Gasteiger partial charge in [-0.25, -0.2) is 5.43 Å². The Hall–Kier alpha value is -2.19. The molecule has 0 atom stereocenters. The van der Waals surface area contributed by atoms with Crippen molar-refractivity contribution in [3.05, 3.63) is 56.0 Å². The van der Waals surface area contributed by atoms with Crippen molar-refractivity contribution >= 4 is 55.6 Å². The van der Waals surface area contributed by atoms with Gasteiger partial charge in [0.15, 0.2) is 0 Å². The molecule has 130 valence electrons. The first-order valence-electron chi connectivity index (χ1n) is 7.17. The van der Waals surface area contributed by atoms with Crippen molar-refractivity contribution in [2.45, 2.75) is 13.8 Å². The van der Waals surface area contributed by atoms with Crippen LogP contribution in [-0.2, 0) is 9.59 Å². The summed E-state index contributed by atoms with van der Waals surface area (Å²) in [6.07, 6.45) is 1.24. The summed E-state index contributed by atoms with van der Waals surface area (Å²) in [7, 11) is 0. The lowest BCUT2D eigenvalue weighted by Crippen LogP contribution is -2.32. The van der Waals surface area contributed by atoms with E-state index >= 15 is 0 Å². The number of anilines is 1. The zero-order valence-electron chi connectivity index (χ0n) is 13.4. The van der Waals surface area contributed by atoms with Gasteiger partial charge in [0.2, 0.25) is 0 Å². The number of carbonyl (C=O) groups excluding carboxylic acids is 2. The number of benzene rings is 2. The molecule has 0 unspecified atom stereocenters. The number of rotatable bonds is 3. The SMILES string of the molecule is Cc1ccc(NC(=O)C(=O)N/N=C/c2cc(Br)cc(Br)c2O)c(C)c1. The van der Waals surface area contributed by atoms with E-state index in [-0.39, 0.29) is 5.75 Å². The molecule has 0 bridgehead atoms. The van der Waals surface area contributed by atoms with Crippen LogP contribution >= 0.6 is 31.9 Å². The number of hydrazone groups is 1. The minimum atomic E-state index is -0.912. The first kappa shape index (κ1) is 19.1. The molecule has 3 N–H and O–H groups in total. The van der Waals surface area contributed by atoms with Crippen molar-refractivity contribution in [1.82, 2.24) is 5.43 Å². The number of amides is 2. The molecule has 2 aromatic carbocycles. The van der Waals surface area contributed by atoms with Gasteiger partial charge in [0.25, 0.3) is 0 Å². The third-order valence-electron chi connectivity index (χ3n) is 3.26. The van der Waals surface area contributed by atoms with Gasteiger partial charge in [0.1, 0.15) is 5.75 Å². The largest absolute Gasteiger partial charge is 0.506 e. The maximum absolute atomic E-state index is 11.9. The Morgan fingerprint density at radius 1 is 1.12 bits per heavy atom. The highest BCUT2D eigenvalue weighted by Gasteiger charge is 2.14. The number of nitrogens with one attached hydrogen (secondary N) is 2. The first-order chi connectivity index (χ1) is 11.8. The second-order valence-corrected chi connectivity index (χ2v) is 7.07. The van der Waals surface area contributed by atoms with Gasteiger partial charge in [0, 0.05) is 15.7 Å². The number of hydrogen-bond donors (Lipinski definition) is 3. The highest BCUT2D eigenvalue weighted by atomic mass is 79.9. The van der Waals surface area contributed by atoms with Gasteiger partial charge >= 0.3 is 11.8 Å². The van der Waals surface area contributed by atoms with E-state index in [1.54, 1.807) is 18.2 Å². The molecule has 8 heteroatoms. The lowest BCUT2D eigenvalue weighted by atomic mass is 10.1. The van der Waals surface area contributed by atoms with Crippen LogP contribution < -0.4 is 10.7 Å². The second-order valence-electron chi connectivity index (χ2n) is 5.30. The van der Waals surface area contributed by atoms with Crippen molar-refractivity contribution in [2.75, 3.05) is 5.32 Å². The van der Waals surface area contributed by atoms with E-state index in [9.17, 15) is 14.7 Å². The molecular formula is C17H15Br2N3O3. The average Bonchev–Trinajstić information content (AvgIpc) is 2.54. The Morgan fingerprint density at radius 3 is 2.52 bits per heavy atom. The Morgan fingerprint density at radius 2 is 1.84 bits per heavy atom. The van der Waals surface area contributed by atoms with E-state index in [4.69, 9.17) is 0 Å². The maximum Gasteiger partial charge on any atom is 0.329 e. The fraction of sp³-hybridized carbons (Fsp3) is 0.118. The summed E-state index contributed by atoms with van der Waals surface area (Å²) in [6.45, 7) is 3.78. The molecule has 0 heterocycles. The van der Waals surface area contributed by atoms with Crippen molar-refractivity contribution < 1.29 is 14.7 Å². The molecule has 6 nitrogen and oxygen atoms in total. The summed E-state index contributed by atoms with van der Waals surface area (Å²) in [5.74, 6) is -1.77. The minimum absolute atomic E-state index is 0.0269. The molecule has 2 rings (SSSR count). The molecule has 0 radical (unpaired) electrons. The number of carbonyl (C=O) groups is 2. The fourth-order valence-corrected chi connectivity index (χ4v) is 3.29. The van der Waals surface area contributed by atoms with Gasteiger partial charge in [-0.1, -0.05) is 33.6 Å². The Kier molecular flexibility index (Phi) is 6.33. The second kappa shape index (κ2) is 8.26. The van der Waals surface area contributed by atoms with Crippen LogP contribution in [0.3, 0.4) is 0 Å². The van der Waals surface area contributed by atoms with Crippen LogP contribution in [0.15, 0.2) is 44.4 Å². The third kappa shape index (κ3) is 5.14. The zero-order valence-corrected chi connectivity index (χ0v) is 16.6. The fourth-order valence-electron chi connectivity index (χ4n) is 2.03. The number of hydrogen-bond acceptors (Lipinski definition) is 4. The molecule has 0 aliphatic heterocycles. The number of halogens is 2. The molecule has 0 saturated heterocycles. The van der Waals surface area contributed by atoms with Crippen LogP contribution in [0.25, 0.3) is 0 Å². The quantitative estimate of drug-likeness (QED) is 0.365. The predicted molar refractivity (Wildman–Crippen MR) is 104 cm³/mol. The molecule has 0 aromatic heterocycles. The summed E-state index contributed by atoms with van der Waals surface area (Å²) in [4.78, 5) is 23.7. The van der Waals surface area contributed by atoms with Crippen molar-refractivity contribution in [2.24, 2.45) is 5.10 Å². The number of phenols is 1. The molecule has 2 amide bonds. The first-order valence-corrected chi connectivity index (χ1v) is 8.76. The monoisotopic (exact) mass is 467 g/mol. The van der Waals surface area contributed by atoms with E-state index in [0.29, 0.717) is 15.7 Å². The highest BCUT2D eigenvalue weighted by Crippen LogP contribution is 2.30. The lowest BCUT2D eigenvalue weighted by molar-refractivity contribution is -0.136. The molecule has 0 saturated carbocycles. The Balaban J connectivity index is 2.01. The minimum Gasteiger partial charge on any atom is -0.506 e. The lowest BCUT2D eigenvalue weighted by Gasteiger charge is -2.08. The topological polar surface area (TPSA) is 90.8 Å². The molecule has 25 heavy (non-hydrogen) atoms. The van der Waals surface area contributed by atoms with Crippen LogP contribution in [0, 0.1) is 13.8 Å². The molecular weight excluding hydrogens is 454 g/mol. The average molecular weight is 469 g/mol. The molecule has 0 aliphatic carbocycles. The Labute approximate surface area is 161 Å². The number of aromatic hydroxyl groups is 1. The van der Waals surface area contributed by atoms with Crippen molar-refractivity contribution in [3.8, 4) is 5.75 Å². The third-order valence-corrected chi connectivity index (χ3v) is 4.33. The van der Waals surface area contributed by atoms with E-state index in [0.717, 1.165) is 15.6 Å². The summed E-state index contributed by atoms with van der Waals surface area (Å²) < 4.78 is 1.19. The smallest absolute Gasteiger partial charge is 0.329 e. The molecule has 0 aliphatic rings. The summed E-state index contributed by atoms with van der Waals surface area (Å²) in [5.41, 5.74) is 4.97. The van der Waals surface area contributed by atoms with Crippen molar-refractivity contribution in [3.63, 3.8) is 0 Å². The standard InChI is InChI=1S/C17H15Br2N3O3/c1-9-3-4-14(10(2)5-9)21-16(24)17(25)22-20-8-11-6-12(18)7-13(19)15(11)23/h3-8,23H,1-2H3,(H,21,24)(H,22,25)/b20-8+. The summed E-state index contributed by atoms with van der Waals surface area (Å²) in [5, 5.41) is 16.1. The van der Waals surface area contributed by atoms with Crippen molar-refractivity contribution in [1.29, 1.82) is 0 Å². The Bertz CT molecular complexity index is 866. The molecule has 2 aromatic rings. The molecule has 0 fully saturated rings. The number of nitrogens with zero attached hydrogens (tertiary/aromatic N) is 1. The van der Waals surface area contributed by atoms with Crippen LogP contribution in [-0.4, -0.2) is 23.1 Å². The summed E-state index contributed by atoms with van der Waals surface area (Å²) in [6, 6.07) is 8.76. The van der Waals surface area contributed by atoms with Gasteiger partial charge in [-0.15, -0.1) is 0 Å². The van der Waals surface area contributed by atoms with E-state index in [1.165, 1.54) is 6.21 Å².